The number of unbranched alkanes of at least 4 members (excludes halogenated alkanes) is 3. The average Bonchev–Trinajstić information content (AvgIpc) is 2.25. The average molecular weight is 226 g/mol. The molecule has 1 unspecified atom stereocenters. The Morgan fingerprint density at radius 1 is 1.31 bits per heavy atom. The molecule has 0 aromatic rings. The van der Waals surface area contributed by atoms with Crippen molar-refractivity contribution in [3.8, 4) is 0 Å². The van der Waals surface area contributed by atoms with Gasteiger partial charge in [-0.25, -0.2) is 0 Å². The summed E-state index contributed by atoms with van der Waals surface area (Å²) < 4.78 is 0. The van der Waals surface area contributed by atoms with E-state index in [0.717, 1.165) is 25.5 Å². The third-order valence-corrected chi connectivity index (χ3v) is 2.32. The van der Waals surface area contributed by atoms with Gasteiger partial charge in [0.25, 0.3) is 0 Å². The maximum Gasteiger partial charge on any atom is 0.157 e. The van der Waals surface area contributed by atoms with Gasteiger partial charge in [0.15, 0.2) is 5.78 Å². The van der Waals surface area contributed by atoms with Crippen molar-refractivity contribution in [1.82, 2.24) is 0 Å². The Morgan fingerprint density at radius 2 is 2.06 bits per heavy atom. The first kappa shape index (κ1) is 15.0. The van der Waals surface area contributed by atoms with Gasteiger partial charge < -0.3 is 9.90 Å². The summed E-state index contributed by atoms with van der Waals surface area (Å²) in [4.78, 5) is 21.4. The quantitative estimate of drug-likeness (QED) is 0.353. The lowest BCUT2D eigenvalue weighted by atomic mass is 10.1. The molecule has 16 heavy (non-hydrogen) atoms. The van der Waals surface area contributed by atoms with Gasteiger partial charge in [-0.05, 0) is 25.3 Å². The Morgan fingerprint density at radius 3 is 2.69 bits per heavy atom. The van der Waals surface area contributed by atoms with Crippen LogP contribution in [0.4, 0.5) is 0 Å². The zero-order valence-corrected chi connectivity index (χ0v) is 10.0. The van der Waals surface area contributed by atoms with Gasteiger partial charge in [0, 0.05) is 12.8 Å². The fourth-order valence-electron chi connectivity index (χ4n) is 1.38. The van der Waals surface area contributed by atoms with Gasteiger partial charge in [-0.15, -0.1) is 0 Å². The second kappa shape index (κ2) is 10.6. The molecule has 0 bridgehead atoms. The van der Waals surface area contributed by atoms with E-state index in [2.05, 4.69) is 6.92 Å². The van der Waals surface area contributed by atoms with Crippen LogP contribution in [-0.2, 0) is 9.59 Å². The number of rotatable bonds is 10. The SMILES string of the molecule is CCCCC=CC(=O)CC(O)CCCC=O. The Bertz CT molecular complexity index is 221. The van der Waals surface area contributed by atoms with Crippen LogP contribution in [-0.4, -0.2) is 23.3 Å². The molecule has 0 saturated heterocycles. The second-order valence-corrected chi connectivity index (χ2v) is 3.97. The smallest absolute Gasteiger partial charge is 0.157 e. The van der Waals surface area contributed by atoms with Crippen molar-refractivity contribution >= 4 is 12.1 Å². The summed E-state index contributed by atoms with van der Waals surface area (Å²) in [6, 6.07) is 0. The van der Waals surface area contributed by atoms with Crippen LogP contribution < -0.4 is 0 Å². The molecule has 92 valence electrons. The van der Waals surface area contributed by atoms with E-state index < -0.39 is 6.10 Å². The first-order valence-electron chi connectivity index (χ1n) is 6.01. The summed E-state index contributed by atoms with van der Waals surface area (Å²) in [5, 5.41) is 9.48. The van der Waals surface area contributed by atoms with Gasteiger partial charge in [0.05, 0.1) is 6.10 Å². The molecule has 0 fully saturated rings. The van der Waals surface area contributed by atoms with Gasteiger partial charge in [-0.3, -0.25) is 4.79 Å². The van der Waals surface area contributed by atoms with Crippen LogP contribution in [0.2, 0.25) is 0 Å². The monoisotopic (exact) mass is 226 g/mol. The number of ketones is 1. The van der Waals surface area contributed by atoms with Crippen LogP contribution in [0, 0.1) is 0 Å². The lowest BCUT2D eigenvalue weighted by molar-refractivity contribution is -0.116. The molecule has 0 rings (SSSR count). The number of allylic oxidation sites excluding steroid dienone is 2. The van der Waals surface area contributed by atoms with E-state index in [4.69, 9.17) is 0 Å². The molecule has 3 heteroatoms. The molecule has 1 atom stereocenters. The molecule has 0 saturated carbocycles. The Balaban J connectivity index is 3.60. The van der Waals surface area contributed by atoms with Crippen molar-refractivity contribution < 1.29 is 14.7 Å². The van der Waals surface area contributed by atoms with E-state index in [-0.39, 0.29) is 12.2 Å². The molecule has 0 aliphatic heterocycles. The summed E-state index contributed by atoms with van der Waals surface area (Å²) in [5.74, 6) is -0.0327. The van der Waals surface area contributed by atoms with Crippen LogP contribution in [0.3, 0.4) is 0 Å². The highest BCUT2D eigenvalue weighted by atomic mass is 16.3. The van der Waals surface area contributed by atoms with Crippen molar-refractivity contribution in [3.05, 3.63) is 12.2 Å². The highest BCUT2D eigenvalue weighted by molar-refractivity contribution is 5.89. The third-order valence-electron chi connectivity index (χ3n) is 2.32. The Labute approximate surface area is 97.5 Å². The number of carbonyl (C=O) groups excluding carboxylic acids is 2. The van der Waals surface area contributed by atoms with Gasteiger partial charge in [0.1, 0.15) is 6.29 Å². The summed E-state index contributed by atoms with van der Waals surface area (Å²) in [6.07, 6.45) is 8.57. The summed E-state index contributed by atoms with van der Waals surface area (Å²) in [7, 11) is 0. The second-order valence-electron chi connectivity index (χ2n) is 3.97. The normalized spacial score (nSPS) is 12.9. The fraction of sp³-hybridized carbons (Fsp3) is 0.692. The molecule has 1 N–H and O–H groups in total. The van der Waals surface area contributed by atoms with E-state index in [0.29, 0.717) is 19.3 Å². The van der Waals surface area contributed by atoms with Crippen LogP contribution in [0.1, 0.15) is 51.9 Å². The van der Waals surface area contributed by atoms with Crippen molar-refractivity contribution in [1.29, 1.82) is 0 Å². The molecule has 3 nitrogen and oxygen atoms in total. The summed E-state index contributed by atoms with van der Waals surface area (Å²) >= 11 is 0. The molecule has 0 aromatic carbocycles. The van der Waals surface area contributed by atoms with Crippen LogP contribution in [0.5, 0.6) is 0 Å². The number of aliphatic hydroxyl groups is 1. The van der Waals surface area contributed by atoms with Crippen molar-refractivity contribution in [2.75, 3.05) is 0 Å². The molecule has 0 aliphatic carbocycles. The van der Waals surface area contributed by atoms with E-state index in [9.17, 15) is 14.7 Å². The zero-order valence-electron chi connectivity index (χ0n) is 10.0. The first-order chi connectivity index (χ1) is 7.70. The molecular formula is C13H22O3. The number of carbonyl (C=O) groups is 2. The zero-order chi connectivity index (χ0) is 12.2. The van der Waals surface area contributed by atoms with Crippen LogP contribution in [0.15, 0.2) is 12.2 Å². The van der Waals surface area contributed by atoms with E-state index >= 15 is 0 Å². The predicted octanol–water partition coefficient (Wildman–Crippen LogP) is 2.42. The number of hydrogen-bond acceptors (Lipinski definition) is 3. The van der Waals surface area contributed by atoms with Gasteiger partial charge in [-0.2, -0.15) is 0 Å². The number of aliphatic hydroxyl groups excluding tert-OH is 1. The standard InChI is InChI=1S/C13H22O3/c1-2-3-4-5-8-12(15)11-13(16)9-6-7-10-14/h5,8,10,13,16H,2-4,6-7,9,11H2,1H3. The van der Waals surface area contributed by atoms with Crippen molar-refractivity contribution in [2.24, 2.45) is 0 Å². The topological polar surface area (TPSA) is 54.4 Å². The third kappa shape index (κ3) is 9.59. The minimum Gasteiger partial charge on any atom is -0.393 e. The minimum atomic E-state index is -0.608. The van der Waals surface area contributed by atoms with Crippen molar-refractivity contribution in [2.45, 2.75) is 58.0 Å². The largest absolute Gasteiger partial charge is 0.393 e. The lowest BCUT2D eigenvalue weighted by Crippen LogP contribution is -2.11. The van der Waals surface area contributed by atoms with E-state index in [1.165, 1.54) is 0 Å². The van der Waals surface area contributed by atoms with Gasteiger partial charge >= 0.3 is 0 Å². The Hall–Kier alpha value is -0.960. The predicted molar refractivity (Wildman–Crippen MR) is 64.2 cm³/mol. The minimum absolute atomic E-state index is 0.0327. The van der Waals surface area contributed by atoms with Crippen LogP contribution >= 0.6 is 0 Å². The molecule has 0 aromatic heterocycles. The number of aldehydes is 1. The molecule has 0 amide bonds. The maximum absolute atomic E-state index is 11.3. The Kier molecular flexibility index (Phi) is 9.92. The van der Waals surface area contributed by atoms with Gasteiger partial charge in [0.2, 0.25) is 0 Å². The van der Waals surface area contributed by atoms with Crippen LogP contribution in [0.25, 0.3) is 0 Å². The molecule has 0 heterocycles. The summed E-state index contributed by atoms with van der Waals surface area (Å²) in [5.41, 5.74) is 0. The fourth-order valence-corrected chi connectivity index (χ4v) is 1.38. The lowest BCUT2D eigenvalue weighted by Gasteiger charge is -2.06. The maximum atomic E-state index is 11.3. The number of hydrogen-bond donors (Lipinski definition) is 1. The molecule has 0 aliphatic rings. The summed E-state index contributed by atoms with van der Waals surface area (Å²) in [6.45, 7) is 2.10. The van der Waals surface area contributed by atoms with E-state index in [1.54, 1.807) is 6.08 Å². The first-order valence-corrected chi connectivity index (χ1v) is 6.01. The van der Waals surface area contributed by atoms with E-state index in [1.807, 2.05) is 6.08 Å². The highest BCUT2D eigenvalue weighted by Gasteiger charge is 2.07. The molecular weight excluding hydrogens is 204 g/mol. The highest BCUT2D eigenvalue weighted by Crippen LogP contribution is 2.05. The molecule has 0 spiro atoms. The van der Waals surface area contributed by atoms with Gasteiger partial charge in [-0.1, -0.05) is 25.8 Å². The van der Waals surface area contributed by atoms with Crippen molar-refractivity contribution in [3.63, 3.8) is 0 Å². The molecule has 0 radical (unpaired) electrons.